The number of fused-ring (bicyclic) bond motifs is 1. The molecule has 5 heteroatoms. The number of anilines is 3. The van der Waals surface area contributed by atoms with Gasteiger partial charge in [0.1, 0.15) is 11.6 Å². The number of phenols is 1. The van der Waals surface area contributed by atoms with Crippen molar-refractivity contribution in [1.82, 2.24) is 9.97 Å². The van der Waals surface area contributed by atoms with Crippen LogP contribution in [0.5, 0.6) is 5.75 Å². The first kappa shape index (κ1) is 34.8. The van der Waals surface area contributed by atoms with Crippen LogP contribution in [0.1, 0.15) is 43.0 Å². The molecule has 0 bridgehead atoms. The van der Waals surface area contributed by atoms with E-state index in [2.05, 4.69) is 131 Å². The molecule has 0 aliphatic heterocycles. The third-order valence-corrected chi connectivity index (χ3v) is 9.09. The summed E-state index contributed by atoms with van der Waals surface area (Å²) in [5, 5.41) is 13.3. The summed E-state index contributed by atoms with van der Waals surface area (Å²) in [5.41, 5.74) is 11.7. The number of hydrogen-bond donors (Lipinski definition) is 1. The molecular formula is C45H40N3OPt-. The van der Waals surface area contributed by atoms with Gasteiger partial charge in [0.15, 0.2) is 0 Å². The van der Waals surface area contributed by atoms with Crippen LogP contribution in [0.3, 0.4) is 0 Å². The van der Waals surface area contributed by atoms with E-state index in [0.717, 1.165) is 50.3 Å². The van der Waals surface area contributed by atoms with Gasteiger partial charge in [0.2, 0.25) is 0 Å². The summed E-state index contributed by atoms with van der Waals surface area (Å²) < 4.78 is 0. The standard InChI is InChI=1S/C45H40N3O.Pt/c1-29-22-30(2)44(31(3)23-29)34-26-39(47-40(27-34)38-17-9-10-19-42(38)49)33-24-35(45(4,5)6)28-36(25-33)48(43-20-11-12-21-46-43)41-18-13-15-32-14-7-8-16-37(32)41;/h7-24,26-28,49H,1-6H3;/q-1;. The van der Waals surface area contributed by atoms with Crippen LogP contribution in [0.2, 0.25) is 0 Å². The maximum absolute atomic E-state index is 11.0. The van der Waals surface area contributed by atoms with Gasteiger partial charge in [0, 0.05) is 38.2 Å². The minimum absolute atomic E-state index is 0. The maximum Gasteiger partial charge on any atom is 0.136 e. The Morgan fingerprint density at radius 1 is 0.700 bits per heavy atom. The van der Waals surface area contributed by atoms with E-state index in [9.17, 15) is 5.11 Å². The molecule has 5 aromatic carbocycles. The molecule has 0 fully saturated rings. The first-order valence-electron chi connectivity index (χ1n) is 16.7. The van der Waals surface area contributed by atoms with Crippen LogP contribution in [-0.2, 0) is 26.5 Å². The smallest absolute Gasteiger partial charge is 0.136 e. The average Bonchev–Trinajstić information content (AvgIpc) is 3.08. The van der Waals surface area contributed by atoms with Gasteiger partial charge in [-0.05, 0) is 102 Å². The quantitative estimate of drug-likeness (QED) is 0.170. The minimum atomic E-state index is -0.171. The van der Waals surface area contributed by atoms with E-state index in [1.165, 1.54) is 22.3 Å². The topological polar surface area (TPSA) is 49.2 Å². The molecule has 0 saturated heterocycles. The summed E-state index contributed by atoms with van der Waals surface area (Å²) in [5.74, 6) is 0.996. The van der Waals surface area contributed by atoms with Gasteiger partial charge in [-0.2, -0.15) is 0 Å². The Labute approximate surface area is 309 Å². The molecule has 0 saturated carbocycles. The van der Waals surface area contributed by atoms with Gasteiger partial charge >= 0.3 is 0 Å². The summed E-state index contributed by atoms with van der Waals surface area (Å²) in [6.45, 7) is 13.1. The van der Waals surface area contributed by atoms with Crippen molar-refractivity contribution >= 4 is 28.0 Å². The van der Waals surface area contributed by atoms with E-state index in [-0.39, 0.29) is 32.2 Å². The van der Waals surface area contributed by atoms with Gasteiger partial charge < -0.3 is 10.0 Å². The van der Waals surface area contributed by atoms with E-state index < -0.39 is 0 Å². The molecule has 1 N–H and O–H groups in total. The summed E-state index contributed by atoms with van der Waals surface area (Å²) in [7, 11) is 0. The Hall–Kier alpha value is -5.05. The van der Waals surface area contributed by atoms with Gasteiger partial charge in [-0.15, -0.1) is 29.3 Å². The molecule has 0 aliphatic rings. The van der Waals surface area contributed by atoms with Crippen LogP contribution in [0.4, 0.5) is 17.2 Å². The fourth-order valence-corrected chi connectivity index (χ4v) is 6.79. The number of phenolic OH excluding ortho intramolecular Hbond substituents is 1. The molecule has 4 nitrogen and oxygen atoms in total. The van der Waals surface area contributed by atoms with E-state index in [4.69, 9.17) is 9.97 Å². The monoisotopic (exact) mass is 833 g/mol. The van der Waals surface area contributed by atoms with Crippen LogP contribution in [0, 0.1) is 26.8 Å². The predicted molar refractivity (Wildman–Crippen MR) is 204 cm³/mol. The van der Waals surface area contributed by atoms with Crippen molar-refractivity contribution in [1.29, 1.82) is 0 Å². The minimum Gasteiger partial charge on any atom is -0.507 e. The SMILES string of the molecule is Cc1cc(C)c(-c2cc(-c3[c-]c(N(c4ccccn4)c4cccc5ccccc45)cc(C(C)(C)C)c3)nc(-c3ccccc3O)c2)c(C)c1.[Pt]. The third-order valence-electron chi connectivity index (χ3n) is 9.09. The largest absolute Gasteiger partial charge is 0.507 e. The molecule has 7 rings (SSSR count). The number of nitrogens with zero attached hydrogens (tertiary/aromatic N) is 3. The van der Waals surface area contributed by atoms with Gasteiger partial charge in [0.05, 0.1) is 11.4 Å². The average molecular weight is 834 g/mol. The van der Waals surface area contributed by atoms with E-state index >= 15 is 0 Å². The Kier molecular flexibility index (Phi) is 9.78. The van der Waals surface area contributed by atoms with Crippen LogP contribution in [0.15, 0.2) is 128 Å². The second kappa shape index (κ2) is 14.1. The summed E-state index contributed by atoms with van der Waals surface area (Å²) in [6, 6.07) is 45.2. The third kappa shape index (κ3) is 6.86. The molecule has 2 heterocycles. The van der Waals surface area contributed by atoms with Crippen molar-refractivity contribution in [2.75, 3.05) is 4.90 Å². The van der Waals surface area contributed by atoms with E-state index in [0.29, 0.717) is 11.3 Å². The number of pyridine rings is 2. The summed E-state index contributed by atoms with van der Waals surface area (Å²) in [4.78, 5) is 12.3. The van der Waals surface area contributed by atoms with Crippen LogP contribution >= 0.6 is 0 Å². The number of aromatic hydroxyl groups is 1. The number of aryl methyl sites for hydroxylation is 3. The van der Waals surface area contributed by atoms with Crippen molar-refractivity contribution in [3.63, 3.8) is 0 Å². The molecule has 50 heavy (non-hydrogen) atoms. The Balaban J connectivity index is 0.00000432. The second-order valence-electron chi connectivity index (χ2n) is 13.9. The zero-order valence-electron chi connectivity index (χ0n) is 29.2. The molecule has 252 valence electrons. The zero-order valence-corrected chi connectivity index (χ0v) is 31.5. The first-order valence-corrected chi connectivity index (χ1v) is 16.7. The van der Waals surface area contributed by atoms with Crippen molar-refractivity contribution in [2.45, 2.75) is 47.0 Å². The van der Waals surface area contributed by atoms with Crippen molar-refractivity contribution in [2.24, 2.45) is 0 Å². The number of para-hydroxylation sites is 1. The number of aromatic nitrogens is 2. The molecule has 0 spiro atoms. The Morgan fingerprint density at radius 3 is 2.10 bits per heavy atom. The van der Waals surface area contributed by atoms with Crippen molar-refractivity contribution in [3.05, 3.63) is 156 Å². The van der Waals surface area contributed by atoms with E-state index in [1.54, 1.807) is 6.07 Å². The molecule has 0 radical (unpaired) electrons. The van der Waals surface area contributed by atoms with Crippen molar-refractivity contribution < 1.29 is 26.2 Å². The van der Waals surface area contributed by atoms with Crippen LogP contribution < -0.4 is 4.90 Å². The normalized spacial score (nSPS) is 11.3. The predicted octanol–water partition coefficient (Wildman–Crippen LogP) is 11.8. The van der Waals surface area contributed by atoms with Crippen LogP contribution in [-0.4, -0.2) is 15.1 Å². The fraction of sp³-hybridized carbons (Fsp3) is 0.156. The van der Waals surface area contributed by atoms with Crippen LogP contribution in [0.25, 0.3) is 44.4 Å². The summed E-state index contributed by atoms with van der Waals surface area (Å²) >= 11 is 0. The van der Waals surface area contributed by atoms with E-state index in [1.807, 2.05) is 42.6 Å². The molecule has 2 aromatic heterocycles. The molecule has 0 atom stereocenters. The van der Waals surface area contributed by atoms with Gasteiger partial charge in [-0.3, -0.25) is 4.98 Å². The van der Waals surface area contributed by atoms with Gasteiger partial charge in [0.25, 0.3) is 0 Å². The molecular weight excluding hydrogens is 794 g/mol. The maximum atomic E-state index is 11.0. The second-order valence-corrected chi connectivity index (χ2v) is 13.9. The Bertz CT molecular complexity index is 2300. The number of benzene rings is 5. The zero-order chi connectivity index (χ0) is 34.3. The molecule has 0 amide bonds. The first-order chi connectivity index (χ1) is 23.6. The molecule has 0 unspecified atom stereocenters. The number of hydrogen-bond acceptors (Lipinski definition) is 4. The van der Waals surface area contributed by atoms with Gasteiger partial charge in [-0.1, -0.05) is 99.1 Å². The fourth-order valence-electron chi connectivity index (χ4n) is 6.79. The van der Waals surface area contributed by atoms with Crippen molar-refractivity contribution in [3.8, 4) is 39.4 Å². The molecule has 7 aromatic rings. The molecule has 0 aliphatic carbocycles. The number of rotatable bonds is 6. The summed E-state index contributed by atoms with van der Waals surface area (Å²) in [6.07, 6.45) is 1.83. The van der Waals surface area contributed by atoms with Gasteiger partial charge in [-0.25, -0.2) is 4.98 Å². The Morgan fingerprint density at radius 2 is 1.38 bits per heavy atom.